The second-order valence-corrected chi connectivity index (χ2v) is 9.06. The Morgan fingerprint density at radius 1 is 0.784 bits per heavy atom. The molecule has 1 heterocycles. The highest BCUT2D eigenvalue weighted by Crippen LogP contribution is 2.20. The first-order chi connectivity index (χ1) is 17.9. The van der Waals surface area contributed by atoms with Gasteiger partial charge in [-0.25, -0.2) is 4.39 Å². The Kier molecular flexibility index (Phi) is 8.52. The lowest BCUT2D eigenvalue weighted by atomic mass is 10.0. The molecule has 37 heavy (non-hydrogen) atoms. The van der Waals surface area contributed by atoms with Crippen LogP contribution in [-0.2, 0) is 17.9 Å². The number of amides is 2. The van der Waals surface area contributed by atoms with Gasteiger partial charge in [-0.05, 0) is 66.4 Å². The van der Waals surface area contributed by atoms with Gasteiger partial charge in [0.15, 0.2) is 0 Å². The van der Waals surface area contributed by atoms with E-state index in [1.54, 1.807) is 34.1 Å². The van der Waals surface area contributed by atoms with Gasteiger partial charge in [0.05, 0.1) is 6.54 Å². The largest absolute Gasteiger partial charge is 0.464 e. The second kappa shape index (κ2) is 12.2. The molecule has 190 valence electrons. The van der Waals surface area contributed by atoms with Crippen LogP contribution in [0.2, 0.25) is 0 Å². The van der Waals surface area contributed by atoms with Crippen molar-refractivity contribution in [1.82, 2.24) is 9.80 Å². The lowest BCUT2D eigenvalue weighted by molar-refractivity contribution is -0.133. The van der Waals surface area contributed by atoms with Crippen LogP contribution in [0.3, 0.4) is 0 Å². The van der Waals surface area contributed by atoms with E-state index in [9.17, 15) is 14.0 Å². The van der Waals surface area contributed by atoms with Crippen LogP contribution in [0, 0.1) is 12.7 Å². The number of benzene rings is 3. The molecule has 0 saturated carbocycles. The lowest BCUT2D eigenvalue weighted by Crippen LogP contribution is -2.42. The first kappa shape index (κ1) is 25.9. The molecule has 0 bridgehead atoms. The summed E-state index contributed by atoms with van der Waals surface area (Å²) >= 11 is 0. The molecule has 0 radical (unpaired) electrons. The Morgan fingerprint density at radius 2 is 1.46 bits per heavy atom. The molecule has 0 saturated heterocycles. The van der Waals surface area contributed by atoms with Crippen molar-refractivity contribution in [2.45, 2.75) is 33.4 Å². The van der Waals surface area contributed by atoms with E-state index in [0.29, 0.717) is 17.9 Å². The van der Waals surface area contributed by atoms with Gasteiger partial charge in [0.25, 0.3) is 5.91 Å². The predicted octanol–water partition coefficient (Wildman–Crippen LogP) is 6.48. The lowest BCUT2D eigenvalue weighted by Gasteiger charge is -2.27. The maximum absolute atomic E-state index is 13.5. The molecule has 0 fully saturated rings. The standard InChI is InChI=1S/C31H31FN2O3/c1-3-19-33(31(36)27-14-12-26(13-15-27)25-7-5-4-6-8-25)22-30(35)34(21-29-18-9-23(2)37-29)20-24-10-16-28(32)17-11-24/h4-18H,3,19-22H2,1-2H3. The van der Waals surface area contributed by atoms with E-state index in [0.717, 1.165) is 28.9 Å². The number of rotatable bonds is 10. The van der Waals surface area contributed by atoms with E-state index in [1.807, 2.05) is 68.4 Å². The van der Waals surface area contributed by atoms with Crippen LogP contribution >= 0.6 is 0 Å². The Balaban J connectivity index is 1.51. The molecule has 0 atom stereocenters. The van der Waals surface area contributed by atoms with E-state index >= 15 is 0 Å². The number of aryl methyl sites for hydroxylation is 1. The number of nitrogens with zero attached hydrogens (tertiary/aromatic N) is 2. The van der Waals surface area contributed by atoms with Gasteiger partial charge in [-0.15, -0.1) is 0 Å². The van der Waals surface area contributed by atoms with Crippen molar-refractivity contribution in [3.05, 3.63) is 119 Å². The molecule has 0 spiro atoms. The summed E-state index contributed by atoms with van der Waals surface area (Å²) < 4.78 is 19.1. The average Bonchev–Trinajstić information content (AvgIpc) is 3.33. The van der Waals surface area contributed by atoms with Crippen molar-refractivity contribution in [3.63, 3.8) is 0 Å². The zero-order chi connectivity index (χ0) is 26.2. The fraction of sp³-hybridized carbons (Fsp3) is 0.226. The smallest absolute Gasteiger partial charge is 0.254 e. The van der Waals surface area contributed by atoms with Crippen LogP contribution in [-0.4, -0.2) is 34.7 Å². The number of halogens is 1. The predicted molar refractivity (Wildman–Crippen MR) is 142 cm³/mol. The first-order valence-corrected chi connectivity index (χ1v) is 12.4. The van der Waals surface area contributed by atoms with Crippen molar-refractivity contribution >= 4 is 11.8 Å². The summed E-state index contributed by atoms with van der Waals surface area (Å²) in [5.41, 5.74) is 3.43. The van der Waals surface area contributed by atoms with Gasteiger partial charge < -0.3 is 14.2 Å². The molecule has 4 aromatic rings. The SMILES string of the molecule is CCCN(CC(=O)N(Cc1ccc(F)cc1)Cc1ccc(C)o1)C(=O)c1ccc(-c2ccccc2)cc1. The highest BCUT2D eigenvalue weighted by Gasteiger charge is 2.23. The summed E-state index contributed by atoms with van der Waals surface area (Å²) in [6, 6.07) is 27.2. The number of hydrogen-bond donors (Lipinski definition) is 0. The third kappa shape index (κ3) is 6.94. The van der Waals surface area contributed by atoms with Crippen LogP contribution in [0.1, 0.15) is 40.8 Å². The highest BCUT2D eigenvalue weighted by atomic mass is 19.1. The van der Waals surface area contributed by atoms with E-state index in [-0.39, 0.29) is 37.3 Å². The van der Waals surface area contributed by atoms with E-state index < -0.39 is 0 Å². The van der Waals surface area contributed by atoms with Crippen molar-refractivity contribution in [2.24, 2.45) is 0 Å². The first-order valence-electron chi connectivity index (χ1n) is 12.4. The van der Waals surface area contributed by atoms with Crippen molar-refractivity contribution < 1.29 is 18.4 Å². The van der Waals surface area contributed by atoms with Gasteiger partial charge in [0, 0.05) is 18.7 Å². The molecule has 0 aliphatic rings. The molecular weight excluding hydrogens is 467 g/mol. The molecule has 0 N–H and O–H groups in total. The molecule has 0 aliphatic heterocycles. The van der Waals surface area contributed by atoms with Gasteiger partial charge >= 0.3 is 0 Å². The Bertz CT molecular complexity index is 1310. The number of furan rings is 1. The minimum absolute atomic E-state index is 0.0615. The minimum atomic E-state index is -0.332. The summed E-state index contributed by atoms with van der Waals surface area (Å²) in [5.74, 6) is 0.677. The molecule has 2 amide bonds. The molecule has 4 rings (SSSR count). The number of carbonyl (C=O) groups excluding carboxylic acids is 2. The molecule has 1 aromatic heterocycles. The summed E-state index contributed by atoms with van der Waals surface area (Å²) in [5, 5.41) is 0. The minimum Gasteiger partial charge on any atom is -0.464 e. The molecule has 0 unspecified atom stereocenters. The highest BCUT2D eigenvalue weighted by molar-refractivity contribution is 5.97. The number of hydrogen-bond acceptors (Lipinski definition) is 3. The van der Waals surface area contributed by atoms with Crippen LogP contribution in [0.25, 0.3) is 11.1 Å². The number of carbonyl (C=O) groups is 2. The summed E-state index contributed by atoms with van der Waals surface area (Å²) in [6.45, 7) is 4.75. The molecule has 3 aromatic carbocycles. The summed E-state index contributed by atoms with van der Waals surface area (Å²) in [4.78, 5) is 30.1. The van der Waals surface area contributed by atoms with Crippen LogP contribution in [0.15, 0.2) is 95.4 Å². The Labute approximate surface area is 217 Å². The monoisotopic (exact) mass is 498 g/mol. The van der Waals surface area contributed by atoms with Gasteiger partial charge in [-0.3, -0.25) is 9.59 Å². The van der Waals surface area contributed by atoms with E-state index in [4.69, 9.17) is 4.42 Å². The van der Waals surface area contributed by atoms with Crippen LogP contribution in [0.5, 0.6) is 0 Å². The summed E-state index contributed by atoms with van der Waals surface area (Å²) in [7, 11) is 0. The quantitative estimate of drug-likeness (QED) is 0.252. The van der Waals surface area contributed by atoms with Crippen LogP contribution < -0.4 is 0 Å². The second-order valence-electron chi connectivity index (χ2n) is 9.06. The van der Waals surface area contributed by atoms with Crippen LogP contribution in [0.4, 0.5) is 4.39 Å². The van der Waals surface area contributed by atoms with Gasteiger partial charge in [-0.2, -0.15) is 0 Å². The topological polar surface area (TPSA) is 53.8 Å². The fourth-order valence-corrected chi connectivity index (χ4v) is 4.20. The summed E-state index contributed by atoms with van der Waals surface area (Å²) in [6.07, 6.45) is 0.719. The van der Waals surface area contributed by atoms with Crippen molar-refractivity contribution in [1.29, 1.82) is 0 Å². The molecular formula is C31H31FN2O3. The maximum Gasteiger partial charge on any atom is 0.254 e. The van der Waals surface area contributed by atoms with Crippen molar-refractivity contribution in [2.75, 3.05) is 13.1 Å². The van der Waals surface area contributed by atoms with Gasteiger partial charge in [-0.1, -0.05) is 61.5 Å². The zero-order valence-corrected chi connectivity index (χ0v) is 21.2. The maximum atomic E-state index is 13.5. The van der Waals surface area contributed by atoms with E-state index in [1.165, 1.54) is 12.1 Å². The van der Waals surface area contributed by atoms with Gasteiger partial charge in [0.1, 0.15) is 23.9 Å². The molecule has 6 heteroatoms. The Hall–Kier alpha value is -4.19. The molecule has 0 aliphatic carbocycles. The van der Waals surface area contributed by atoms with Gasteiger partial charge in [0.2, 0.25) is 5.91 Å². The normalized spacial score (nSPS) is 10.8. The molecule has 5 nitrogen and oxygen atoms in total. The fourth-order valence-electron chi connectivity index (χ4n) is 4.20. The average molecular weight is 499 g/mol. The Morgan fingerprint density at radius 3 is 2.08 bits per heavy atom. The third-order valence-corrected chi connectivity index (χ3v) is 6.13. The zero-order valence-electron chi connectivity index (χ0n) is 21.2. The third-order valence-electron chi connectivity index (χ3n) is 6.13. The van der Waals surface area contributed by atoms with Crippen molar-refractivity contribution in [3.8, 4) is 11.1 Å². The van der Waals surface area contributed by atoms with E-state index in [2.05, 4.69) is 0 Å².